The molecule has 1 amide bonds. The lowest BCUT2D eigenvalue weighted by molar-refractivity contribution is 0.0955. The quantitative estimate of drug-likeness (QED) is 0.459. The van der Waals surface area contributed by atoms with Crippen LogP contribution in [0.2, 0.25) is 0 Å². The van der Waals surface area contributed by atoms with E-state index in [2.05, 4.69) is 26.5 Å². The zero-order valence-corrected chi connectivity index (χ0v) is 16.2. The first-order valence-electron chi connectivity index (χ1n) is 8.31. The van der Waals surface area contributed by atoms with Gasteiger partial charge in [0.25, 0.3) is 5.91 Å². The number of phenolic OH excluding ortho intramolecular Hbond substituents is 1. The number of ether oxygens (including phenoxy) is 1. The van der Waals surface area contributed by atoms with E-state index in [9.17, 15) is 9.90 Å². The van der Waals surface area contributed by atoms with Crippen LogP contribution in [-0.4, -0.2) is 28.4 Å². The summed E-state index contributed by atoms with van der Waals surface area (Å²) in [5.41, 5.74) is 4.47. The minimum atomic E-state index is -0.321. The number of para-hydroxylation sites is 1. The lowest BCUT2D eigenvalue weighted by Gasteiger charge is -2.09. The number of hydrogen-bond acceptors (Lipinski definition) is 4. The molecular weight excluding hydrogens is 410 g/mol. The number of nitrogens with zero attached hydrogens (tertiary/aromatic N) is 2. The number of phenols is 1. The van der Waals surface area contributed by atoms with Gasteiger partial charge in [-0.2, -0.15) is 5.10 Å². The second kappa shape index (κ2) is 8.55. The summed E-state index contributed by atoms with van der Waals surface area (Å²) in [6.45, 7) is 2.25. The smallest absolute Gasteiger partial charge is 0.273 e. The van der Waals surface area contributed by atoms with Gasteiger partial charge in [-0.05, 0) is 64.8 Å². The van der Waals surface area contributed by atoms with E-state index in [1.807, 2.05) is 48.1 Å². The summed E-state index contributed by atoms with van der Waals surface area (Å²) in [7, 11) is 0. The normalized spacial score (nSPS) is 10.9. The molecule has 0 fully saturated rings. The molecule has 2 aromatic carbocycles. The summed E-state index contributed by atoms with van der Waals surface area (Å²) in [5, 5.41) is 14.0. The van der Waals surface area contributed by atoms with Crippen LogP contribution in [0.3, 0.4) is 0 Å². The number of carbonyl (C=O) groups is 1. The van der Waals surface area contributed by atoms with Crippen molar-refractivity contribution in [3.8, 4) is 17.2 Å². The molecule has 0 atom stereocenters. The molecule has 0 bridgehead atoms. The topological polar surface area (TPSA) is 75.8 Å². The van der Waals surface area contributed by atoms with Crippen LogP contribution in [0.4, 0.5) is 0 Å². The van der Waals surface area contributed by atoms with Crippen molar-refractivity contribution >= 4 is 28.1 Å². The van der Waals surface area contributed by atoms with Gasteiger partial charge in [-0.15, -0.1) is 0 Å². The Morgan fingerprint density at radius 1 is 1.26 bits per heavy atom. The van der Waals surface area contributed by atoms with E-state index in [1.54, 1.807) is 24.3 Å². The van der Waals surface area contributed by atoms with E-state index in [-0.39, 0.29) is 11.7 Å². The molecule has 3 aromatic rings. The SMILES string of the molecule is CCOc1cc(/C=N\NC(=O)c2ccccc2-n2cccc2)cc(Br)c1O. The van der Waals surface area contributed by atoms with Crippen molar-refractivity contribution in [3.05, 3.63) is 76.5 Å². The maximum atomic E-state index is 12.5. The van der Waals surface area contributed by atoms with Crippen molar-refractivity contribution in [2.75, 3.05) is 6.61 Å². The zero-order chi connectivity index (χ0) is 19.2. The maximum Gasteiger partial charge on any atom is 0.273 e. The third-order valence-electron chi connectivity index (χ3n) is 3.76. The minimum Gasteiger partial charge on any atom is -0.503 e. The molecule has 138 valence electrons. The van der Waals surface area contributed by atoms with Crippen LogP contribution >= 0.6 is 15.9 Å². The molecule has 0 saturated heterocycles. The predicted octanol–water partition coefficient (Wildman–Crippen LogP) is 4.11. The van der Waals surface area contributed by atoms with E-state index >= 15 is 0 Å². The average molecular weight is 428 g/mol. The number of hydrazone groups is 1. The fourth-order valence-corrected chi connectivity index (χ4v) is 3.01. The van der Waals surface area contributed by atoms with Gasteiger partial charge in [0.2, 0.25) is 0 Å². The Labute approximate surface area is 165 Å². The molecule has 1 heterocycles. The number of aromatic hydroxyl groups is 1. The molecule has 3 rings (SSSR count). The number of nitrogens with one attached hydrogen (secondary N) is 1. The summed E-state index contributed by atoms with van der Waals surface area (Å²) < 4.78 is 7.73. The second-order valence-corrected chi connectivity index (χ2v) is 6.44. The Morgan fingerprint density at radius 2 is 2.00 bits per heavy atom. The Balaban J connectivity index is 1.77. The lowest BCUT2D eigenvalue weighted by atomic mass is 10.1. The molecular formula is C20H18BrN3O3. The summed E-state index contributed by atoms with van der Waals surface area (Å²) in [4.78, 5) is 12.5. The Bertz CT molecular complexity index is 969. The summed E-state index contributed by atoms with van der Waals surface area (Å²) in [6.07, 6.45) is 5.24. The number of carbonyl (C=O) groups excluding carboxylic acids is 1. The number of benzene rings is 2. The number of halogens is 1. The highest BCUT2D eigenvalue weighted by Gasteiger charge is 2.11. The van der Waals surface area contributed by atoms with Crippen LogP contribution in [-0.2, 0) is 0 Å². The van der Waals surface area contributed by atoms with E-state index < -0.39 is 0 Å². The van der Waals surface area contributed by atoms with Gasteiger partial charge < -0.3 is 14.4 Å². The molecule has 27 heavy (non-hydrogen) atoms. The van der Waals surface area contributed by atoms with E-state index in [1.165, 1.54) is 6.21 Å². The highest BCUT2D eigenvalue weighted by atomic mass is 79.9. The van der Waals surface area contributed by atoms with Crippen molar-refractivity contribution < 1.29 is 14.6 Å². The standard InChI is InChI=1S/C20H18BrN3O3/c1-2-27-18-12-14(11-16(21)19(18)25)13-22-23-20(26)15-7-3-4-8-17(15)24-9-5-6-10-24/h3-13,25H,2H2,1H3,(H,23,26)/b22-13-. The summed E-state index contributed by atoms with van der Waals surface area (Å²) in [5.74, 6) is 0.0507. The van der Waals surface area contributed by atoms with Crippen molar-refractivity contribution in [2.45, 2.75) is 6.92 Å². The predicted molar refractivity (Wildman–Crippen MR) is 108 cm³/mol. The van der Waals surface area contributed by atoms with Gasteiger partial charge >= 0.3 is 0 Å². The summed E-state index contributed by atoms with van der Waals surface area (Å²) in [6, 6.07) is 14.4. The molecule has 0 aliphatic heterocycles. The third-order valence-corrected chi connectivity index (χ3v) is 4.37. The first-order valence-corrected chi connectivity index (χ1v) is 9.10. The van der Waals surface area contributed by atoms with Crippen molar-refractivity contribution in [3.63, 3.8) is 0 Å². The number of amides is 1. The highest BCUT2D eigenvalue weighted by Crippen LogP contribution is 2.35. The first kappa shape index (κ1) is 18.7. The number of hydrogen-bond donors (Lipinski definition) is 2. The Hall–Kier alpha value is -3.06. The Kier molecular flexibility index (Phi) is 5.93. The van der Waals surface area contributed by atoms with Gasteiger partial charge in [0.1, 0.15) is 0 Å². The van der Waals surface area contributed by atoms with E-state index in [0.29, 0.717) is 28.0 Å². The molecule has 2 N–H and O–H groups in total. The van der Waals surface area contributed by atoms with Gasteiger partial charge in [-0.3, -0.25) is 4.79 Å². The van der Waals surface area contributed by atoms with E-state index in [4.69, 9.17) is 4.74 Å². The first-order chi connectivity index (χ1) is 13.1. The number of rotatable bonds is 6. The second-order valence-electron chi connectivity index (χ2n) is 5.59. The van der Waals surface area contributed by atoms with Gasteiger partial charge in [-0.25, -0.2) is 5.43 Å². The maximum absolute atomic E-state index is 12.5. The highest BCUT2D eigenvalue weighted by molar-refractivity contribution is 9.10. The van der Waals surface area contributed by atoms with Gasteiger partial charge in [0, 0.05) is 12.4 Å². The zero-order valence-electron chi connectivity index (χ0n) is 14.6. The Morgan fingerprint density at radius 3 is 2.74 bits per heavy atom. The molecule has 0 aliphatic carbocycles. The molecule has 1 aromatic heterocycles. The molecule has 0 unspecified atom stereocenters. The fraction of sp³-hybridized carbons (Fsp3) is 0.100. The molecule has 0 spiro atoms. The van der Waals surface area contributed by atoms with Crippen LogP contribution in [0, 0.1) is 0 Å². The van der Waals surface area contributed by atoms with Crippen LogP contribution in [0.1, 0.15) is 22.8 Å². The molecule has 0 radical (unpaired) electrons. The van der Waals surface area contributed by atoms with Crippen LogP contribution < -0.4 is 10.2 Å². The third kappa shape index (κ3) is 4.38. The van der Waals surface area contributed by atoms with Gasteiger partial charge in [-0.1, -0.05) is 12.1 Å². The summed E-state index contributed by atoms with van der Waals surface area (Å²) >= 11 is 3.27. The molecule has 0 saturated carbocycles. The van der Waals surface area contributed by atoms with Gasteiger partial charge in [0.15, 0.2) is 11.5 Å². The van der Waals surface area contributed by atoms with E-state index in [0.717, 1.165) is 5.69 Å². The van der Waals surface area contributed by atoms with Crippen molar-refractivity contribution in [1.29, 1.82) is 0 Å². The fourth-order valence-electron chi connectivity index (χ4n) is 2.55. The van der Waals surface area contributed by atoms with Crippen LogP contribution in [0.15, 0.2) is 70.5 Å². The molecule has 6 nitrogen and oxygen atoms in total. The largest absolute Gasteiger partial charge is 0.503 e. The van der Waals surface area contributed by atoms with Crippen LogP contribution in [0.25, 0.3) is 5.69 Å². The average Bonchev–Trinajstić information content (AvgIpc) is 3.20. The molecule has 0 aliphatic rings. The van der Waals surface area contributed by atoms with Crippen molar-refractivity contribution in [1.82, 2.24) is 9.99 Å². The molecule has 7 heteroatoms. The van der Waals surface area contributed by atoms with Gasteiger partial charge in [0.05, 0.1) is 28.5 Å². The number of aromatic nitrogens is 1. The van der Waals surface area contributed by atoms with Crippen molar-refractivity contribution in [2.24, 2.45) is 5.10 Å². The van der Waals surface area contributed by atoms with Crippen LogP contribution in [0.5, 0.6) is 11.5 Å². The minimum absolute atomic E-state index is 0.0266. The monoisotopic (exact) mass is 427 g/mol. The lowest BCUT2D eigenvalue weighted by Crippen LogP contribution is -2.19.